The van der Waals surface area contributed by atoms with E-state index in [2.05, 4.69) is 15.8 Å². The molecule has 2 aromatic carbocycles. The molecule has 3 rings (SSSR count). The fourth-order valence-electron chi connectivity index (χ4n) is 3.70. The summed E-state index contributed by atoms with van der Waals surface area (Å²) < 4.78 is 30.0. The number of benzene rings is 2. The van der Waals surface area contributed by atoms with Crippen LogP contribution in [0.4, 0.5) is 5.69 Å². The van der Waals surface area contributed by atoms with Gasteiger partial charge in [-0.05, 0) is 67.9 Å². The van der Waals surface area contributed by atoms with E-state index in [4.69, 9.17) is 23.8 Å². The Hall–Kier alpha value is -2.46. The molecule has 0 radical (unpaired) electrons. The van der Waals surface area contributed by atoms with Crippen molar-refractivity contribution in [2.75, 3.05) is 18.4 Å². The lowest BCUT2D eigenvalue weighted by Gasteiger charge is -2.21. The number of anilines is 1. The molecule has 0 aliphatic heterocycles. The molecule has 0 saturated heterocycles. The molecule has 0 amide bonds. The maximum Gasteiger partial charge on any atom is 0.243 e. The average Bonchev–Trinajstić information content (AvgIpc) is 3.10. The van der Waals surface area contributed by atoms with Gasteiger partial charge in [0, 0.05) is 42.8 Å². The predicted molar refractivity (Wildman–Crippen MR) is 145 cm³/mol. The largest absolute Gasteiger partial charge is 0.350 e. The van der Waals surface area contributed by atoms with Crippen LogP contribution < -0.4 is 10.7 Å². The number of hydrogen-bond acceptors (Lipinski definition) is 4. The lowest BCUT2D eigenvalue weighted by Crippen LogP contribution is -2.32. The molecule has 1 heterocycles. The second kappa shape index (κ2) is 11.3. The van der Waals surface area contributed by atoms with Gasteiger partial charge in [0.1, 0.15) is 0 Å². The number of hydrazone groups is 1. The van der Waals surface area contributed by atoms with E-state index in [0.717, 1.165) is 34.9 Å². The van der Waals surface area contributed by atoms with Crippen molar-refractivity contribution >= 4 is 61.8 Å². The van der Waals surface area contributed by atoms with Crippen LogP contribution in [-0.4, -0.2) is 41.7 Å². The summed E-state index contributed by atoms with van der Waals surface area (Å²) in [7, 11) is -1.67. The lowest BCUT2D eigenvalue weighted by atomic mass is 10.2. The number of hydrogen-bond donors (Lipinski definition) is 2. The second-order valence-corrected chi connectivity index (χ2v) is 10.8. The first-order chi connectivity index (χ1) is 16.2. The fraction of sp³-hybridized carbons (Fsp3) is 0.333. The molecule has 182 valence electrons. The summed E-state index contributed by atoms with van der Waals surface area (Å²) >= 11 is 11.5. The van der Waals surface area contributed by atoms with Crippen LogP contribution in [0.5, 0.6) is 0 Å². The van der Waals surface area contributed by atoms with E-state index in [1.54, 1.807) is 22.7 Å². The van der Waals surface area contributed by atoms with E-state index in [1.807, 2.05) is 62.8 Å². The molecule has 10 heteroatoms. The van der Waals surface area contributed by atoms with Crippen LogP contribution in [0.15, 0.2) is 52.6 Å². The minimum absolute atomic E-state index is 0.280. The third-order valence-electron chi connectivity index (χ3n) is 5.32. The molecule has 3 aromatic rings. The van der Waals surface area contributed by atoms with E-state index >= 15 is 0 Å². The molecule has 0 aliphatic rings. The Bertz CT molecular complexity index is 1310. The first kappa shape index (κ1) is 26.2. The molecule has 0 spiro atoms. The van der Waals surface area contributed by atoms with E-state index in [0.29, 0.717) is 28.9 Å². The minimum Gasteiger partial charge on any atom is -0.350 e. The maximum atomic E-state index is 13.2. The van der Waals surface area contributed by atoms with E-state index < -0.39 is 10.0 Å². The molecule has 0 saturated carbocycles. The first-order valence-corrected chi connectivity index (χ1v) is 13.4. The van der Waals surface area contributed by atoms with Crippen LogP contribution in [0, 0.1) is 6.92 Å². The van der Waals surface area contributed by atoms with Gasteiger partial charge in [0.25, 0.3) is 0 Å². The third-order valence-corrected chi connectivity index (χ3v) is 7.72. The monoisotopic (exact) mass is 519 g/mol. The summed E-state index contributed by atoms with van der Waals surface area (Å²) in [5, 5.41) is 8.91. The van der Waals surface area contributed by atoms with Crippen molar-refractivity contribution in [1.82, 2.24) is 14.3 Å². The van der Waals surface area contributed by atoms with Gasteiger partial charge in [0.15, 0.2) is 5.11 Å². The number of rotatable bonds is 9. The summed E-state index contributed by atoms with van der Waals surface area (Å²) in [5.41, 5.74) is 6.21. The van der Waals surface area contributed by atoms with Crippen molar-refractivity contribution in [3.8, 4) is 0 Å². The molecule has 34 heavy (non-hydrogen) atoms. The van der Waals surface area contributed by atoms with Crippen molar-refractivity contribution in [2.45, 2.75) is 38.5 Å². The molecule has 7 nitrogen and oxygen atoms in total. The van der Waals surface area contributed by atoms with E-state index in [9.17, 15) is 8.42 Å². The van der Waals surface area contributed by atoms with Gasteiger partial charge in [0.2, 0.25) is 10.0 Å². The van der Waals surface area contributed by atoms with Crippen LogP contribution in [0.3, 0.4) is 0 Å². The van der Waals surface area contributed by atoms with Crippen molar-refractivity contribution in [3.63, 3.8) is 0 Å². The Morgan fingerprint density at radius 2 is 1.88 bits per heavy atom. The molecule has 1 aromatic heterocycles. The Kier molecular flexibility index (Phi) is 8.70. The van der Waals surface area contributed by atoms with Gasteiger partial charge < -0.3 is 9.88 Å². The molecule has 2 N–H and O–H groups in total. The molecule has 0 fully saturated rings. The number of aryl methyl sites for hydroxylation is 2. The van der Waals surface area contributed by atoms with Crippen molar-refractivity contribution in [1.29, 1.82) is 0 Å². The molecular weight excluding hydrogens is 490 g/mol. The summed E-state index contributed by atoms with van der Waals surface area (Å²) in [6, 6.07) is 10.8. The van der Waals surface area contributed by atoms with Crippen LogP contribution in [0.25, 0.3) is 10.9 Å². The smallest absolute Gasteiger partial charge is 0.243 e. The van der Waals surface area contributed by atoms with Crippen molar-refractivity contribution in [3.05, 3.63) is 58.7 Å². The highest BCUT2D eigenvalue weighted by Gasteiger charge is 2.24. The van der Waals surface area contributed by atoms with Gasteiger partial charge in [-0.25, -0.2) is 8.42 Å². The first-order valence-electron chi connectivity index (χ1n) is 11.1. The number of sulfonamides is 1. The van der Waals surface area contributed by atoms with E-state index in [1.165, 1.54) is 0 Å². The van der Waals surface area contributed by atoms with Crippen molar-refractivity contribution in [2.24, 2.45) is 12.1 Å². The normalized spacial score (nSPS) is 12.1. The number of aromatic nitrogens is 1. The zero-order valence-corrected chi connectivity index (χ0v) is 22.2. The highest BCUT2D eigenvalue weighted by molar-refractivity contribution is 7.89. The number of nitrogens with one attached hydrogen (secondary N) is 2. The number of thiocarbonyl (C=S) groups is 1. The van der Waals surface area contributed by atoms with Gasteiger partial charge in [-0.3, -0.25) is 5.43 Å². The molecule has 0 unspecified atom stereocenters. The van der Waals surface area contributed by atoms with Crippen LogP contribution in [0.2, 0.25) is 5.02 Å². The SMILES string of the molecule is CCCN(CCC)S(=O)(=O)c1ccc2c(c1)c(/C=N\NC(=S)Nc1ccc(C)cc1Cl)cn2C. The molecular formula is C24H30ClN5O2S2. The zero-order valence-electron chi connectivity index (χ0n) is 19.8. The number of nitrogens with zero attached hydrogens (tertiary/aromatic N) is 3. The van der Waals surface area contributed by atoms with Crippen molar-refractivity contribution < 1.29 is 8.42 Å². The fourth-order valence-corrected chi connectivity index (χ4v) is 5.79. The van der Waals surface area contributed by atoms with Crippen LogP contribution in [0.1, 0.15) is 37.8 Å². The molecule has 0 atom stereocenters. The Morgan fingerprint density at radius 1 is 1.18 bits per heavy atom. The number of halogens is 1. The maximum absolute atomic E-state index is 13.2. The quantitative estimate of drug-likeness (QED) is 0.229. The predicted octanol–water partition coefficient (Wildman–Crippen LogP) is 5.27. The highest BCUT2D eigenvalue weighted by atomic mass is 35.5. The minimum atomic E-state index is -3.58. The third kappa shape index (κ3) is 5.96. The van der Waals surface area contributed by atoms with Crippen LogP contribution >= 0.6 is 23.8 Å². The number of fused-ring (bicyclic) bond motifs is 1. The lowest BCUT2D eigenvalue weighted by molar-refractivity contribution is 0.410. The van der Waals surface area contributed by atoms with Crippen LogP contribution in [-0.2, 0) is 17.1 Å². The average molecular weight is 520 g/mol. The zero-order chi connectivity index (χ0) is 24.9. The van der Waals surface area contributed by atoms with Gasteiger partial charge in [0.05, 0.1) is 21.8 Å². The van der Waals surface area contributed by atoms with Gasteiger partial charge in [-0.1, -0.05) is 31.5 Å². The highest BCUT2D eigenvalue weighted by Crippen LogP contribution is 2.26. The Labute approximate surface area is 211 Å². The van der Waals surface area contributed by atoms with Gasteiger partial charge in [-0.15, -0.1) is 0 Å². The standard InChI is InChI=1S/C24H30ClN5O2S2/c1-5-11-30(12-6-2)34(31,32)19-8-10-23-20(14-19)18(16-29(23)4)15-26-28-24(33)27-22-9-7-17(3)13-21(22)25/h7-10,13-16H,5-6,11-12H2,1-4H3,(H2,27,28,33)/b26-15-. The summed E-state index contributed by atoms with van der Waals surface area (Å²) in [6.07, 6.45) is 5.05. The van der Waals surface area contributed by atoms with E-state index in [-0.39, 0.29) is 4.90 Å². The van der Waals surface area contributed by atoms with Gasteiger partial charge in [-0.2, -0.15) is 9.41 Å². The topological polar surface area (TPSA) is 78.7 Å². The van der Waals surface area contributed by atoms with Gasteiger partial charge >= 0.3 is 0 Å². The molecule has 0 bridgehead atoms. The molecule has 0 aliphatic carbocycles. The Balaban J connectivity index is 1.82. The Morgan fingerprint density at radius 3 is 2.53 bits per heavy atom. The second-order valence-electron chi connectivity index (χ2n) is 8.09. The summed E-state index contributed by atoms with van der Waals surface area (Å²) in [4.78, 5) is 0.280. The summed E-state index contributed by atoms with van der Waals surface area (Å²) in [6.45, 7) is 6.91. The summed E-state index contributed by atoms with van der Waals surface area (Å²) in [5.74, 6) is 0.